The summed E-state index contributed by atoms with van der Waals surface area (Å²) in [6.45, 7) is 0. The Morgan fingerprint density at radius 1 is 1.38 bits per heavy atom. The summed E-state index contributed by atoms with van der Waals surface area (Å²) < 4.78 is 5.27. The maximum atomic E-state index is 5.27. The van der Waals surface area contributed by atoms with Crippen LogP contribution < -0.4 is 4.74 Å². The number of hydrogen-bond donors (Lipinski definition) is 1. The highest BCUT2D eigenvalue weighted by atomic mass is 32.1. The number of aromatic amines is 1. The zero-order valence-electron chi connectivity index (χ0n) is 8.60. The van der Waals surface area contributed by atoms with Gasteiger partial charge in [-0.25, -0.2) is 4.98 Å². The smallest absolute Gasteiger partial charge is 0.152 e. The van der Waals surface area contributed by atoms with Gasteiger partial charge in [0.05, 0.1) is 24.3 Å². The van der Waals surface area contributed by atoms with Gasteiger partial charge in [-0.05, 0) is 17.5 Å². The molecule has 0 bridgehead atoms. The van der Waals surface area contributed by atoms with Gasteiger partial charge in [0.15, 0.2) is 5.82 Å². The maximum Gasteiger partial charge on any atom is 0.152 e. The number of hydrogen-bond acceptors (Lipinski definition) is 4. The fourth-order valence-corrected chi connectivity index (χ4v) is 2.40. The van der Waals surface area contributed by atoms with Crippen LogP contribution in [0.15, 0.2) is 29.9 Å². The number of imidazole rings is 1. The Bertz CT molecular complexity index is 596. The molecule has 1 N–H and O–H groups in total. The molecule has 5 heteroatoms. The topological polar surface area (TPSA) is 50.8 Å². The van der Waals surface area contributed by atoms with Crippen LogP contribution in [-0.2, 0) is 0 Å². The highest BCUT2D eigenvalue weighted by molar-refractivity contribution is 7.13. The van der Waals surface area contributed by atoms with Gasteiger partial charge in [0.25, 0.3) is 0 Å². The summed E-state index contributed by atoms with van der Waals surface area (Å²) in [6, 6.07) is 3.82. The highest BCUT2D eigenvalue weighted by Crippen LogP contribution is 2.34. The summed E-state index contributed by atoms with van der Waals surface area (Å²) in [5, 5.41) is 1.99. The predicted octanol–water partition coefficient (Wildman–Crippen LogP) is 2.70. The van der Waals surface area contributed by atoms with Crippen LogP contribution in [0.2, 0.25) is 0 Å². The molecule has 3 aromatic rings. The number of fused-ring (bicyclic) bond motifs is 1. The first-order valence-corrected chi connectivity index (χ1v) is 5.68. The van der Waals surface area contributed by atoms with E-state index in [2.05, 4.69) is 15.0 Å². The van der Waals surface area contributed by atoms with E-state index in [0.29, 0.717) is 0 Å². The normalized spacial score (nSPS) is 10.8. The lowest BCUT2D eigenvalue weighted by Gasteiger charge is -1.97. The average molecular weight is 231 g/mol. The van der Waals surface area contributed by atoms with Crippen LogP contribution >= 0.6 is 11.3 Å². The molecule has 0 amide bonds. The van der Waals surface area contributed by atoms with Gasteiger partial charge in [0, 0.05) is 6.20 Å². The van der Waals surface area contributed by atoms with Gasteiger partial charge >= 0.3 is 0 Å². The SMILES string of the molecule is COc1ccsc1-c1nc2ccncc2[nH]1. The van der Waals surface area contributed by atoms with E-state index >= 15 is 0 Å². The largest absolute Gasteiger partial charge is 0.495 e. The Morgan fingerprint density at radius 2 is 2.31 bits per heavy atom. The van der Waals surface area contributed by atoms with Crippen molar-refractivity contribution in [3.05, 3.63) is 29.9 Å². The summed E-state index contributed by atoms with van der Waals surface area (Å²) >= 11 is 1.60. The van der Waals surface area contributed by atoms with Crippen molar-refractivity contribution in [3.8, 4) is 16.5 Å². The molecule has 0 unspecified atom stereocenters. The lowest BCUT2D eigenvalue weighted by Crippen LogP contribution is -1.83. The molecule has 80 valence electrons. The third kappa shape index (κ3) is 1.37. The molecule has 0 aliphatic carbocycles. The van der Waals surface area contributed by atoms with Crippen molar-refractivity contribution in [3.63, 3.8) is 0 Å². The molecular weight excluding hydrogens is 222 g/mol. The fraction of sp³-hybridized carbons (Fsp3) is 0.0909. The minimum absolute atomic E-state index is 0.829. The first kappa shape index (κ1) is 9.35. The van der Waals surface area contributed by atoms with Crippen molar-refractivity contribution in [2.75, 3.05) is 7.11 Å². The summed E-state index contributed by atoms with van der Waals surface area (Å²) in [4.78, 5) is 12.8. The van der Waals surface area contributed by atoms with Crippen molar-refractivity contribution >= 4 is 22.4 Å². The van der Waals surface area contributed by atoms with Crippen molar-refractivity contribution in [1.82, 2.24) is 15.0 Å². The molecule has 0 aliphatic rings. The number of thiophene rings is 1. The summed E-state index contributed by atoms with van der Waals surface area (Å²) in [5.74, 6) is 1.67. The second kappa shape index (κ2) is 3.61. The van der Waals surface area contributed by atoms with E-state index in [1.54, 1.807) is 30.8 Å². The van der Waals surface area contributed by atoms with Gasteiger partial charge in [-0.2, -0.15) is 0 Å². The number of rotatable bonds is 2. The molecule has 0 aliphatic heterocycles. The number of nitrogens with one attached hydrogen (secondary N) is 1. The van der Waals surface area contributed by atoms with Gasteiger partial charge in [-0.3, -0.25) is 4.98 Å². The molecule has 3 rings (SSSR count). The molecule has 3 heterocycles. The summed E-state index contributed by atoms with van der Waals surface area (Å²) in [6.07, 6.45) is 3.50. The minimum Gasteiger partial charge on any atom is -0.495 e. The molecule has 0 fully saturated rings. The maximum absolute atomic E-state index is 5.27. The monoisotopic (exact) mass is 231 g/mol. The molecule has 3 aromatic heterocycles. The van der Waals surface area contributed by atoms with E-state index in [1.807, 2.05) is 17.5 Å². The van der Waals surface area contributed by atoms with Gasteiger partial charge in [0.2, 0.25) is 0 Å². The fourth-order valence-electron chi connectivity index (χ4n) is 1.60. The van der Waals surface area contributed by atoms with Crippen LogP contribution in [-0.4, -0.2) is 22.1 Å². The van der Waals surface area contributed by atoms with E-state index in [1.165, 1.54) is 0 Å². The second-order valence-corrected chi connectivity index (χ2v) is 4.21. The highest BCUT2D eigenvalue weighted by Gasteiger charge is 2.11. The van der Waals surface area contributed by atoms with Crippen molar-refractivity contribution in [2.24, 2.45) is 0 Å². The lowest BCUT2D eigenvalue weighted by molar-refractivity contribution is 0.418. The summed E-state index contributed by atoms with van der Waals surface area (Å²) in [7, 11) is 1.66. The van der Waals surface area contributed by atoms with E-state index in [4.69, 9.17) is 4.74 Å². The molecular formula is C11H9N3OS. The Morgan fingerprint density at radius 3 is 3.12 bits per heavy atom. The van der Waals surface area contributed by atoms with Crippen LogP contribution in [0.5, 0.6) is 5.75 Å². The number of pyridine rings is 1. The summed E-state index contributed by atoms with van der Waals surface area (Å²) in [5.41, 5.74) is 1.86. The van der Waals surface area contributed by atoms with Crippen LogP contribution in [0.25, 0.3) is 21.7 Å². The number of aromatic nitrogens is 3. The first-order valence-electron chi connectivity index (χ1n) is 4.80. The van der Waals surface area contributed by atoms with Gasteiger partial charge in [-0.1, -0.05) is 0 Å². The Balaban J connectivity index is 2.19. The van der Waals surface area contributed by atoms with Crippen molar-refractivity contribution in [1.29, 1.82) is 0 Å². The van der Waals surface area contributed by atoms with Crippen molar-refractivity contribution < 1.29 is 4.74 Å². The van der Waals surface area contributed by atoms with Crippen LogP contribution in [0, 0.1) is 0 Å². The predicted molar refractivity (Wildman–Crippen MR) is 63.8 cm³/mol. The van der Waals surface area contributed by atoms with Crippen LogP contribution in [0.3, 0.4) is 0 Å². The standard InChI is InChI=1S/C11H9N3OS/c1-15-9-3-5-16-10(9)11-13-7-2-4-12-6-8(7)14-11/h2-6H,1H3,(H,13,14). The Hall–Kier alpha value is -1.88. The molecule has 0 radical (unpaired) electrons. The first-order chi connectivity index (χ1) is 7.88. The third-order valence-electron chi connectivity index (χ3n) is 2.35. The zero-order valence-corrected chi connectivity index (χ0v) is 9.41. The van der Waals surface area contributed by atoms with Crippen molar-refractivity contribution in [2.45, 2.75) is 0 Å². The van der Waals surface area contributed by atoms with Crippen LogP contribution in [0.1, 0.15) is 0 Å². The van der Waals surface area contributed by atoms with E-state index in [9.17, 15) is 0 Å². The quantitative estimate of drug-likeness (QED) is 0.737. The van der Waals surface area contributed by atoms with Gasteiger partial charge < -0.3 is 9.72 Å². The molecule has 0 spiro atoms. The van der Waals surface area contributed by atoms with E-state index in [-0.39, 0.29) is 0 Å². The van der Waals surface area contributed by atoms with E-state index in [0.717, 1.165) is 27.5 Å². The third-order valence-corrected chi connectivity index (χ3v) is 3.25. The van der Waals surface area contributed by atoms with Gasteiger partial charge in [0.1, 0.15) is 10.6 Å². The van der Waals surface area contributed by atoms with E-state index < -0.39 is 0 Å². The second-order valence-electron chi connectivity index (χ2n) is 3.30. The molecule has 4 nitrogen and oxygen atoms in total. The van der Waals surface area contributed by atoms with Crippen LogP contribution in [0.4, 0.5) is 0 Å². The molecule has 0 atom stereocenters. The Labute approximate surface area is 95.9 Å². The molecule has 0 saturated heterocycles. The number of ether oxygens (including phenoxy) is 1. The zero-order chi connectivity index (χ0) is 11.0. The number of nitrogens with zero attached hydrogens (tertiary/aromatic N) is 2. The molecule has 0 aromatic carbocycles. The number of methoxy groups -OCH3 is 1. The molecule has 0 saturated carbocycles. The average Bonchev–Trinajstić information content (AvgIpc) is 2.94. The minimum atomic E-state index is 0.829. The Kier molecular flexibility index (Phi) is 2.11. The molecule has 16 heavy (non-hydrogen) atoms. The lowest BCUT2D eigenvalue weighted by atomic mass is 10.4. The van der Waals surface area contributed by atoms with Gasteiger partial charge in [-0.15, -0.1) is 11.3 Å². The number of H-pyrrole nitrogens is 1.